The summed E-state index contributed by atoms with van der Waals surface area (Å²) in [4.78, 5) is 15.2. The van der Waals surface area contributed by atoms with Crippen LogP contribution in [0.4, 0.5) is 0 Å². The number of hydrogen-bond acceptors (Lipinski definition) is 6. The lowest BCUT2D eigenvalue weighted by Crippen LogP contribution is -2.51. The Bertz CT molecular complexity index is 746. The number of piperidine rings is 1. The highest BCUT2D eigenvalue weighted by Gasteiger charge is 2.35. The molecule has 2 fully saturated rings. The Morgan fingerprint density at radius 2 is 2.08 bits per heavy atom. The lowest BCUT2D eigenvalue weighted by molar-refractivity contribution is 0.0699. The maximum Gasteiger partial charge on any atom is 0.263 e. The molecule has 1 saturated heterocycles. The number of likely N-dealkylation sites (tertiary alicyclic amines) is 1. The highest BCUT2D eigenvalue weighted by Crippen LogP contribution is 2.36. The molecule has 0 atom stereocenters. The van der Waals surface area contributed by atoms with E-state index in [-0.39, 0.29) is 12.5 Å². The fourth-order valence-electron chi connectivity index (χ4n) is 3.97. The van der Waals surface area contributed by atoms with Gasteiger partial charge in [0.2, 0.25) is 0 Å². The van der Waals surface area contributed by atoms with Crippen molar-refractivity contribution in [3.05, 3.63) is 34.0 Å². The molecule has 0 spiro atoms. The van der Waals surface area contributed by atoms with Crippen LogP contribution in [-0.4, -0.2) is 55.9 Å². The number of nitrogens with zero attached hydrogens (tertiary/aromatic N) is 4. The van der Waals surface area contributed by atoms with Crippen LogP contribution in [0.1, 0.15) is 52.9 Å². The second-order valence-corrected chi connectivity index (χ2v) is 8.21. The molecule has 0 unspecified atom stereocenters. The molecule has 0 radical (unpaired) electrons. The van der Waals surface area contributed by atoms with Gasteiger partial charge < -0.3 is 19.9 Å². The fraction of sp³-hybridized carbons (Fsp3) is 0.611. The molecule has 140 valence electrons. The summed E-state index contributed by atoms with van der Waals surface area (Å²) in [5.41, 5.74) is 0. The summed E-state index contributed by atoms with van der Waals surface area (Å²) < 4.78 is 1.91. The Labute approximate surface area is 157 Å². The number of aromatic nitrogens is 3. The van der Waals surface area contributed by atoms with Crippen molar-refractivity contribution >= 4 is 17.2 Å². The number of aliphatic hydroxyl groups is 1. The van der Waals surface area contributed by atoms with E-state index < -0.39 is 0 Å². The number of nitrogens with one attached hydrogen (secondary N) is 1. The van der Waals surface area contributed by atoms with Gasteiger partial charge in [0.05, 0.1) is 4.88 Å². The molecule has 26 heavy (non-hydrogen) atoms. The van der Waals surface area contributed by atoms with E-state index in [1.807, 2.05) is 34.0 Å². The van der Waals surface area contributed by atoms with Crippen LogP contribution >= 0.6 is 11.3 Å². The molecule has 0 bridgehead atoms. The molecule has 1 amide bonds. The Balaban J connectivity index is 1.22. The number of thiophene rings is 1. The van der Waals surface area contributed by atoms with Gasteiger partial charge in [0.1, 0.15) is 12.4 Å². The lowest BCUT2D eigenvalue weighted by Gasteiger charge is -2.40. The maximum absolute atomic E-state index is 12.4. The van der Waals surface area contributed by atoms with Gasteiger partial charge in [-0.3, -0.25) is 4.79 Å². The van der Waals surface area contributed by atoms with Crippen molar-refractivity contribution in [1.29, 1.82) is 0 Å². The molecule has 3 heterocycles. The fourth-order valence-corrected chi connectivity index (χ4v) is 4.66. The van der Waals surface area contributed by atoms with Crippen molar-refractivity contribution in [3.8, 4) is 0 Å². The van der Waals surface area contributed by atoms with Crippen molar-refractivity contribution in [2.24, 2.45) is 7.05 Å². The third kappa shape index (κ3) is 3.41. The minimum Gasteiger partial charge on any atom is -0.388 e. The summed E-state index contributed by atoms with van der Waals surface area (Å²) >= 11 is 1.52. The van der Waals surface area contributed by atoms with E-state index in [0.29, 0.717) is 23.8 Å². The van der Waals surface area contributed by atoms with E-state index in [2.05, 4.69) is 15.5 Å². The number of carbonyl (C=O) groups is 1. The molecular weight excluding hydrogens is 350 g/mol. The van der Waals surface area contributed by atoms with Gasteiger partial charge in [-0.05, 0) is 37.1 Å². The molecule has 1 aliphatic carbocycles. The first kappa shape index (κ1) is 17.6. The number of aliphatic hydroxyl groups excluding tert-OH is 1. The quantitative estimate of drug-likeness (QED) is 0.828. The summed E-state index contributed by atoms with van der Waals surface area (Å²) in [5, 5.41) is 23.2. The van der Waals surface area contributed by atoms with Gasteiger partial charge >= 0.3 is 0 Å². The van der Waals surface area contributed by atoms with Crippen LogP contribution in [0.3, 0.4) is 0 Å². The zero-order valence-electron chi connectivity index (χ0n) is 15.0. The molecule has 2 N–H and O–H groups in total. The Hall–Kier alpha value is -1.77. The highest BCUT2D eigenvalue weighted by atomic mass is 32.1. The summed E-state index contributed by atoms with van der Waals surface area (Å²) in [6.07, 6.45) is 4.14. The van der Waals surface area contributed by atoms with Crippen molar-refractivity contribution in [3.63, 3.8) is 0 Å². The SMILES string of the molecule is Cn1c(CO)nnc1C1CC(NC2CCN(C(=O)c3cccs3)CC2)C1. The minimum absolute atomic E-state index is 0.0688. The van der Waals surface area contributed by atoms with E-state index in [1.165, 1.54) is 11.3 Å². The van der Waals surface area contributed by atoms with Crippen LogP contribution < -0.4 is 5.32 Å². The van der Waals surface area contributed by atoms with Crippen LogP contribution in [0.5, 0.6) is 0 Å². The summed E-state index contributed by atoms with van der Waals surface area (Å²) in [5.74, 6) is 2.19. The average Bonchev–Trinajstić information content (AvgIpc) is 3.28. The van der Waals surface area contributed by atoms with Crippen LogP contribution in [0.2, 0.25) is 0 Å². The van der Waals surface area contributed by atoms with Gasteiger partial charge in [-0.25, -0.2) is 0 Å². The average molecular weight is 375 g/mol. The maximum atomic E-state index is 12.4. The van der Waals surface area contributed by atoms with Crippen LogP contribution in [0, 0.1) is 0 Å². The first-order valence-electron chi connectivity index (χ1n) is 9.23. The molecule has 2 aromatic heterocycles. The number of rotatable bonds is 5. The summed E-state index contributed by atoms with van der Waals surface area (Å²) in [6, 6.07) is 4.83. The van der Waals surface area contributed by atoms with E-state index in [4.69, 9.17) is 0 Å². The van der Waals surface area contributed by atoms with Gasteiger partial charge in [0.25, 0.3) is 5.91 Å². The zero-order chi connectivity index (χ0) is 18.1. The first-order valence-corrected chi connectivity index (χ1v) is 10.1. The second kappa shape index (κ2) is 7.46. The monoisotopic (exact) mass is 375 g/mol. The predicted molar refractivity (Wildman–Crippen MR) is 99.1 cm³/mol. The Morgan fingerprint density at radius 3 is 2.69 bits per heavy atom. The molecule has 2 aliphatic rings. The molecule has 8 heteroatoms. The van der Waals surface area contributed by atoms with Gasteiger partial charge in [-0.2, -0.15) is 0 Å². The van der Waals surface area contributed by atoms with E-state index in [9.17, 15) is 9.90 Å². The van der Waals surface area contributed by atoms with Crippen LogP contribution in [0.25, 0.3) is 0 Å². The van der Waals surface area contributed by atoms with E-state index in [0.717, 1.165) is 49.5 Å². The molecule has 1 aliphatic heterocycles. The Morgan fingerprint density at radius 1 is 1.31 bits per heavy atom. The lowest BCUT2D eigenvalue weighted by atomic mass is 9.79. The van der Waals surface area contributed by atoms with E-state index in [1.54, 1.807) is 0 Å². The smallest absolute Gasteiger partial charge is 0.263 e. The molecule has 1 saturated carbocycles. The van der Waals surface area contributed by atoms with Crippen molar-refractivity contribution < 1.29 is 9.90 Å². The van der Waals surface area contributed by atoms with Crippen molar-refractivity contribution in [2.45, 2.75) is 50.3 Å². The van der Waals surface area contributed by atoms with Crippen molar-refractivity contribution in [1.82, 2.24) is 25.0 Å². The topological polar surface area (TPSA) is 83.3 Å². The standard InChI is InChI=1S/C18H25N5O2S/c1-22-16(11-24)20-21-17(22)12-9-14(10-12)19-13-4-6-23(7-5-13)18(25)15-3-2-8-26-15/h2-3,8,12-14,19,24H,4-7,9-11H2,1H3. The molecule has 0 aromatic carbocycles. The largest absolute Gasteiger partial charge is 0.388 e. The summed E-state index contributed by atoms with van der Waals surface area (Å²) in [6.45, 7) is 1.59. The van der Waals surface area contributed by atoms with Gasteiger partial charge in [0, 0.05) is 38.1 Å². The van der Waals surface area contributed by atoms with Crippen LogP contribution in [-0.2, 0) is 13.7 Å². The number of carbonyl (C=O) groups excluding carboxylic acids is 1. The zero-order valence-corrected chi connectivity index (χ0v) is 15.8. The predicted octanol–water partition coefficient (Wildman–Crippen LogP) is 1.51. The normalized spacial score (nSPS) is 23.8. The minimum atomic E-state index is -0.0688. The number of amides is 1. The molecule has 7 nitrogen and oxygen atoms in total. The summed E-state index contributed by atoms with van der Waals surface area (Å²) in [7, 11) is 1.92. The van der Waals surface area contributed by atoms with Crippen LogP contribution in [0.15, 0.2) is 17.5 Å². The van der Waals surface area contributed by atoms with Gasteiger partial charge in [0.15, 0.2) is 5.82 Å². The van der Waals surface area contributed by atoms with Gasteiger partial charge in [-0.15, -0.1) is 21.5 Å². The number of hydrogen-bond donors (Lipinski definition) is 2. The third-order valence-corrected chi connectivity index (χ3v) is 6.49. The molecule has 2 aromatic rings. The molecular formula is C18H25N5O2S. The first-order chi connectivity index (χ1) is 12.7. The van der Waals surface area contributed by atoms with E-state index >= 15 is 0 Å². The highest BCUT2D eigenvalue weighted by molar-refractivity contribution is 7.12. The van der Waals surface area contributed by atoms with Crippen molar-refractivity contribution in [2.75, 3.05) is 13.1 Å². The Kier molecular flexibility index (Phi) is 5.06. The molecule has 4 rings (SSSR count). The third-order valence-electron chi connectivity index (χ3n) is 5.63. The van der Waals surface area contributed by atoms with Gasteiger partial charge in [-0.1, -0.05) is 6.07 Å². The second-order valence-electron chi connectivity index (χ2n) is 7.27.